The maximum atomic E-state index is 12.9. The zero-order valence-electron chi connectivity index (χ0n) is 30.8. The van der Waals surface area contributed by atoms with Gasteiger partial charge in [0.1, 0.15) is 23.3 Å². The first-order chi connectivity index (χ1) is 26.0. The van der Waals surface area contributed by atoms with Crippen LogP contribution in [0, 0.1) is 0 Å². The van der Waals surface area contributed by atoms with Gasteiger partial charge in [-0.3, -0.25) is 19.5 Å². The van der Waals surface area contributed by atoms with Gasteiger partial charge in [0.05, 0.1) is 19.2 Å². The molecule has 1 fully saturated rings. The zero-order valence-corrected chi connectivity index (χ0v) is 32.4. The number of nitrogens with zero attached hydrogens (tertiary/aromatic N) is 6. The molecule has 2 aromatic heterocycles. The van der Waals surface area contributed by atoms with Crippen molar-refractivity contribution in [3.63, 3.8) is 0 Å². The van der Waals surface area contributed by atoms with Crippen LogP contribution < -0.4 is 27.3 Å². The molecule has 0 radical (unpaired) electrons. The Balaban J connectivity index is 1.29. The minimum Gasteiger partial charge on any atom is -0.496 e. The van der Waals surface area contributed by atoms with Crippen LogP contribution in [0.4, 0.5) is 16.6 Å². The molecule has 1 unspecified atom stereocenters. The highest BCUT2D eigenvalue weighted by atomic mass is 32.2. The van der Waals surface area contributed by atoms with Crippen molar-refractivity contribution in [3.05, 3.63) is 41.6 Å². The number of piperazine rings is 1. The smallest absolute Gasteiger partial charge is 0.411 e. The fourth-order valence-corrected chi connectivity index (χ4v) is 7.68. The summed E-state index contributed by atoms with van der Waals surface area (Å²) in [6, 6.07) is 6.12. The van der Waals surface area contributed by atoms with E-state index in [0.29, 0.717) is 56.5 Å². The molecule has 3 aromatic rings. The number of methoxy groups -OCH3 is 1. The van der Waals surface area contributed by atoms with Gasteiger partial charge < -0.3 is 51.7 Å². The summed E-state index contributed by atoms with van der Waals surface area (Å²) in [5, 5.41) is 21.5. The number of carbonyl (C=O) groups excluding carboxylic acids is 1. The number of ether oxygens (including phenoxy) is 2. The highest BCUT2D eigenvalue weighted by molar-refractivity contribution is 8.01. The topological polar surface area (TPSA) is 250 Å². The molecule has 9 N–H and O–H groups in total. The fourth-order valence-electron chi connectivity index (χ4n) is 5.66. The number of amides is 1. The number of carboxylic acid groups (broad SMARTS) is 2. The molecule has 1 amide bonds. The van der Waals surface area contributed by atoms with Crippen molar-refractivity contribution in [1.82, 2.24) is 24.3 Å². The fraction of sp³-hybridized carbons (Fsp3) is 0.543. The van der Waals surface area contributed by atoms with E-state index in [1.807, 2.05) is 12.3 Å². The maximum Gasteiger partial charge on any atom is 0.411 e. The first kappa shape index (κ1) is 42.4. The standard InChI is InChI=1S/C35H52N10O7S2/c1-3-4-5-9-39-31-30-28(41-34(38)42-31)8-10-45(30)17-24-7-6-23(15-29(24)51-2)16-43-11-13-44(14-12-43)35(50)52-22-40-25(18-53-20-26(36)32(46)47)19-54-21-27(37)33(48)49/h6-8,10,15,26-27H,3-5,9,11-14,16-22,36-37H2,1-2H3,(H,46,47)(H,48,49)(H3,38,39,41,42)/t26-,27?/m0/s1. The highest BCUT2D eigenvalue weighted by Crippen LogP contribution is 2.28. The number of nitrogens with one attached hydrogen (secondary N) is 1. The Bertz CT molecular complexity index is 1710. The Labute approximate surface area is 323 Å². The quantitative estimate of drug-likeness (QED) is 0.0632. The van der Waals surface area contributed by atoms with Crippen LogP contribution in [0.2, 0.25) is 0 Å². The van der Waals surface area contributed by atoms with Gasteiger partial charge in [-0.15, -0.1) is 0 Å². The van der Waals surface area contributed by atoms with Crippen molar-refractivity contribution >= 4 is 70.1 Å². The van der Waals surface area contributed by atoms with E-state index >= 15 is 0 Å². The van der Waals surface area contributed by atoms with Crippen LogP contribution in [-0.2, 0) is 27.4 Å². The summed E-state index contributed by atoms with van der Waals surface area (Å²) in [6.45, 7) is 6.28. The van der Waals surface area contributed by atoms with Gasteiger partial charge in [-0.1, -0.05) is 31.9 Å². The lowest BCUT2D eigenvalue weighted by molar-refractivity contribution is -0.138. The number of nitrogens with two attached hydrogens (primary N) is 3. The molecule has 296 valence electrons. The van der Waals surface area contributed by atoms with Crippen LogP contribution in [0.15, 0.2) is 35.5 Å². The lowest BCUT2D eigenvalue weighted by atomic mass is 10.1. The van der Waals surface area contributed by atoms with Gasteiger partial charge in [-0.2, -0.15) is 28.5 Å². The second kappa shape index (κ2) is 21.6. The number of carbonyl (C=O) groups is 3. The normalized spacial score (nSPS) is 14.9. The Kier molecular flexibility index (Phi) is 16.9. The monoisotopic (exact) mass is 788 g/mol. The highest BCUT2D eigenvalue weighted by Gasteiger charge is 2.23. The van der Waals surface area contributed by atoms with Crippen LogP contribution in [0.25, 0.3) is 11.0 Å². The molecule has 0 aliphatic carbocycles. The van der Waals surface area contributed by atoms with Crippen molar-refractivity contribution in [3.8, 4) is 5.75 Å². The van der Waals surface area contributed by atoms with Crippen LogP contribution >= 0.6 is 23.5 Å². The number of thioether (sulfide) groups is 2. The summed E-state index contributed by atoms with van der Waals surface area (Å²) >= 11 is 2.57. The van der Waals surface area contributed by atoms with Crippen LogP contribution in [0.5, 0.6) is 5.75 Å². The van der Waals surface area contributed by atoms with Gasteiger partial charge in [-0.05, 0) is 24.1 Å². The predicted molar refractivity (Wildman–Crippen MR) is 214 cm³/mol. The number of hydrogen-bond acceptors (Lipinski definition) is 15. The van der Waals surface area contributed by atoms with Crippen molar-refractivity contribution in [2.24, 2.45) is 16.5 Å². The second-order valence-electron chi connectivity index (χ2n) is 12.8. The average Bonchev–Trinajstić information content (AvgIpc) is 3.55. The van der Waals surface area contributed by atoms with Crippen molar-refractivity contribution in [1.29, 1.82) is 0 Å². The molecule has 1 aliphatic rings. The van der Waals surface area contributed by atoms with E-state index in [9.17, 15) is 14.4 Å². The summed E-state index contributed by atoms with van der Waals surface area (Å²) in [5.74, 6) is 0.569. The molecular weight excluding hydrogens is 737 g/mol. The average molecular weight is 789 g/mol. The molecule has 17 nitrogen and oxygen atoms in total. The van der Waals surface area contributed by atoms with E-state index in [1.54, 1.807) is 12.0 Å². The molecule has 2 atom stereocenters. The van der Waals surface area contributed by atoms with E-state index in [0.717, 1.165) is 59.5 Å². The summed E-state index contributed by atoms with van der Waals surface area (Å²) < 4.78 is 13.4. The molecule has 0 saturated carbocycles. The van der Waals surface area contributed by atoms with E-state index in [2.05, 4.69) is 54.9 Å². The lowest BCUT2D eigenvalue weighted by Crippen LogP contribution is -2.48. The molecule has 1 aromatic carbocycles. The molecule has 0 spiro atoms. The number of nitrogen functional groups attached to an aromatic ring is 1. The number of unbranched alkanes of at least 4 members (excludes halogenated alkanes) is 2. The summed E-state index contributed by atoms with van der Waals surface area (Å²) in [7, 11) is 1.67. The zero-order chi connectivity index (χ0) is 39.0. The van der Waals surface area contributed by atoms with E-state index in [4.69, 9.17) is 36.9 Å². The van der Waals surface area contributed by atoms with Crippen molar-refractivity contribution in [2.45, 2.75) is 51.4 Å². The Hall–Kier alpha value is -4.30. The minimum atomic E-state index is -1.10. The number of anilines is 2. The number of carboxylic acids is 2. The number of aliphatic carboxylic acids is 2. The maximum absolute atomic E-state index is 12.9. The van der Waals surface area contributed by atoms with Crippen molar-refractivity contribution < 1.29 is 34.1 Å². The molecule has 1 saturated heterocycles. The lowest BCUT2D eigenvalue weighted by Gasteiger charge is -2.34. The summed E-state index contributed by atoms with van der Waals surface area (Å²) in [4.78, 5) is 52.2. The first-order valence-electron chi connectivity index (χ1n) is 17.8. The van der Waals surface area contributed by atoms with Gasteiger partial charge in [0, 0.05) is 79.8 Å². The minimum absolute atomic E-state index is 0.171. The number of hydrogen-bond donors (Lipinski definition) is 6. The number of aliphatic imine (C=N–C) groups is 1. The molecular formula is C35H52N10O7S2. The second-order valence-corrected chi connectivity index (χ2v) is 14.9. The number of rotatable bonds is 22. The van der Waals surface area contributed by atoms with E-state index in [1.165, 1.54) is 23.5 Å². The summed E-state index contributed by atoms with van der Waals surface area (Å²) in [6.07, 6.45) is 4.81. The molecule has 4 rings (SSSR count). The first-order valence-corrected chi connectivity index (χ1v) is 20.1. The number of fused-ring (bicyclic) bond motifs is 1. The Morgan fingerprint density at radius 1 is 0.981 bits per heavy atom. The molecule has 0 bridgehead atoms. The third-order valence-electron chi connectivity index (χ3n) is 8.67. The third kappa shape index (κ3) is 12.9. The predicted octanol–water partition coefficient (Wildman–Crippen LogP) is 2.62. The molecule has 54 heavy (non-hydrogen) atoms. The van der Waals surface area contributed by atoms with Gasteiger partial charge in [-0.25, -0.2) is 9.78 Å². The third-order valence-corrected chi connectivity index (χ3v) is 10.9. The Morgan fingerprint density at radius 2 is 1.67 bits per heavy atom. The Morgan fingerprint density at radius 3 is 2.30 bits per heavy atom. The van der Waals surface area contributed by atoms with Gasteiger partial charge in [0.2, 0.25) is 5.95 Å². The largest absolute Gasteiger partial charge is 0.496 e. The molecule has 1 aliphatic heterocycles. The van der Waals surface area contributed by atoms with Crippen LogP contribution in [0.3, 0.4) is 0 Å². The van der Waals surface area contributed by atoms with Gasteiger partial charge >= 0.3 is 18.0 Å². The van der Waals surface area contributed by atoms with Crippen LogP contribution in [-0.4, -0.2) is 140 Å². The van der Waals surface area contributed by atoms with E-state index < -0.39 is 30.1 Å². The van der Waals surface area contributed by atoms with Gasteiger partial charge in [0.25, 0.3) is 0 Å². The van der Waals surface area contributed by atoms with E-state index in [-0.39, 0.29) is 24.2 Å². The summed E-state index contributed by atoms with van der Waals surface area (Å²) in [5.41, 5.74) is 21.6. The number of benzene rings is 1. The van der Waals surface area contributed by atoms with Crippen LogP contribution in [0.1, 0.15) is 37.3 Å². The van der Waals surface area contributed by atoms with Crippen molar-refractivity contribution in [2.75, 3.05) is 80.6 Å². The molecule has 3 heterocycles. The SMILES string of the molecule is CCCCCNc1nc(N)nc2ccn(Cc3ccc(CN4CCN(C(=O)OCN=C(CSCC(N)C(=O)O)CSC[C@H](N)C(=O)O)CC4)cc3OC)c12. The number of aromatic nitrogens is 3. The van der Waals surface area contributed by atoms with Gasteiger partial charge in [0.15, 0.2) is 12.5 Å². The molecule has 19 heteroatoms.